The second-order valence-electron chi connectivity index (χ2n) is 9.99. The maximum atomic E-state index is 13.2. The summed E-state index contributed by atoms with van der Waals surface area (Å²) in [5.41, 5.74) is 1.49. The average molecular weight is 516 g/mol. The van der Waals surface area contributed by atoms with E-state index in [1.165, 1.54) is 12.1 Å². The van der Waals surface area contributed by atoms with E-state index in [2.05, 4.69) is 20.6 Å². The third-order valence-corrected chi connectivity index (χ3v) is 5.67. The molecule has 8 nitrogen and oxygen atoms in total. The van der Waals surface area contributed by atoms with E-state index < -0.39 is 11.5 Å². The lowest BCUT2D eigenvalue weighted by atomic mass is 9.95. The molecule has 0 fully saturated rings. The lowest BCUT2D eigenvalue weighted by molar-refractivity contribution is -0.132. The first-order valence-electron chi connectivity index (χ1n) is 12.2. The second-order valence-corrected chi connectivity index (χ2v) is 9.99. The molecule has 2 N–H and O–H groups in total. The van der Waals surface area contributed by atoms with Crippen LogP contribution in [0, 0.1) is 11.2 Å². The SMILES string of the molecule is Cn1cnc(C[C@H](NC(=O)C(C)(C)C)C(=O)Nc2cccc(-c3ccc(Oc4ccc(F)cc4)cc3)n2)c1. The maximum Gasteiger partial charge on any atom is 0.248 e. The minimum Gasteiger partial charge on any atom is -0.457 e. The van der Waals surface area contributed by atoms with Crippen LogP contribution in [0.3, 0.4) is 0 Å². The number of hydrogen-bond acceptors (Lipinski definition) is 5. The highest BCUT2D eigenvalue weighted by atomic mass is 19.1. The molecule has 38 heavy (non-hydrogen) atoms. The fourth-order valence-electron chi connectivity index (χ4n) is 3.58. The second kappa shape index (κ2) is 11.2. The predicted octanol–water partition coefficient (Wildman–Crippen LogP) is 5.13. The number of imidazole rings is 1. The molecule has 0 saturated carbocycles. The highest BCUT2D eigenvalue weighted by molar-refractivity contribution is 5.97. The molecule has 196 valence electrons. The molecular weight excluding hydrogens is 485 g/mol. The molecule has 0 aliphatic heterocycles. The first-order valence-corrected chi connectivity index (χ1v) is 12.2. The molecule has 0 saturated heterocycles. The van der Waals surface area contributed by atoms with Crippen molar-refractivity contribution >= 4 is 17.6 Å². The van der Waals surface area contributed by atoms with Crippen molar-refractivity contribution in [3.63, 3.8) is 0 Å². The van der Waals surface area contributed by atoms with Crippen LogP contribution in [0.15, 0.2) is 79.3 Å². The van der Waals surface area contributed by atoms with Crippen molar-refractivity contribution in [1.82, 2.24) is 19.9 Å². The number of carbonyl (C=O) groups is 2. The molecule has 2 aromatic carbocycles. The van der Waals surface area contributed by atoms with E-state index in [4.69, 9.17) is 4.74 Å². The van der Waals surface area contributed by atoms with Gasteiger partial charge in [0.25, 0.3) is 0 Å². The normalized spacial score (nSPS) is 12.0. The van der Waals surface area contributed by atoms with E-state index in [1.54, 1.807) is 68.1 Å². The van der Waals surface area contributed by atoms with Crippen LogP contribution in [-0.4, -0.2) is 32.4 Å². The number of carbonyl (C=O) groups excluding carboxylic acids is 2. The number of nitrogens with zero attached hydrogens (tertiary/aromatic N) is 3. The Bertz CT molecular complexity index is 1410. The third-order valence-electron chi connectivity index (χ3n) is 5.67. The highest BCUT2D eigenvalue weighted by Gasteiger charge is 2.28. The van der Waals surface area contributed by atoms with Gasteiger partial charge in [-0.2, -0.15) is 0 Å². The Morgan fingerprint density at radius 1 is 1.00 bits per heavy atom. The van der Waals surface area contributed by atoms with Crippen molar-refractivity contribution in [1.29, 1.82) is 0 Å². The van der Waals surface area contributed by atoms with Gasteiger partial charge in [-0.15, -0.1) is 0 Å². The maximum absolute atomic E-state index is 13.2. The van der Waals surface area contributed by atoms with Crippen molar-refractivity contribution in [2.24, 2.45) is 12.5 Å². The first kappa shape index (κ1) is 26.5. The number of benzene rings is 2. The fraction of sp³-hybridized carbons (Fsp3) is 0.241. The quantitative estimate of drug-likeness (QED) is 0.339. The molecule has 2 amide bonds. The van der Waals surface area contributed by atoms with Gasteiger partial charge in [0, 0.05) is 30.6 Å². The topological polar surface area (TPSA) is 98.1 Å². The van der Waals surface area contributed by atoms with Gasteiger partial charge in [0.15, 0.2) is 0 Å². The van der Waals surface area contributed by atoms with Gasteiger partial charge in [0.2, 0.25) is 11.8 Å². The van der Waals surface area contributed by atoms with Crippen LogP contribution >= 0.6 is 0 Å². The number of rotatable bonds is 8. The monoisotopic (exact) mass is 515 g/mol. The van der Waals surface area contributed by atoms with Crippen LogP contribution in [0.25, 0.3) is 11.3 Å². The van der Waals surface area contributed by atoms with Crippen molar-refractivity contribution < 1.29 is 18.7 Å². The summed E-state index contributed by atoms with van der Waals surface area (Å²) >= 11 is 0. The van der Waals surface area contributed by atoms with Gasteiger partial charge < -0.3 is 19.9 Å². The minimum atomic E-state index is -0.829. The van der Waals surface area contributed by atoms with E-state index in [0.29, 0.717) is 28.7 Å². The Morgan fingerprint density at radius 3 is 2.26 bits per heavy atom. The van der Waals surface area contributed by atoms with Crippen LogP contribution in [0.2, 0.25) is 0 Å². The molecule has 0 aliphatic rings. The Morgan fingerprint density at radius 2 is 1.66 bits per heavy atom. The first-order chi connectivity index (χ1) is 18.1. The molecule has 0 radical (unpaired) electrons. The molecule has 1 atom stereocenters. The van der Waals surface area contributed by atoms with Gasteiger partial charge in [0.1, 0.15) is 29.2 Å². The van der Waals surface area contributed by atoms with Gasteiger partial charge in [-0.3, -0.25) is 9.59 Å². The largest absolute Gasteiger partial charge is 0.457 e. The van der Waals surface area contributed by atoms with Gasteiger partial charge in [-0.25, -0.2) is 14.4 Å². The molecular formula is C29H30FN5O3. The molecule has 4 rings (SSSR count). The molecule has 0 aliphatic carbocycles. The Balaban J connectivity index is 1.47. The average Bonchev–Trinajstić information content (AvgIpc) is 3.29. The number of halogens is 1. The van der Waals surface area contributed by atoms with E-state index in [-0.39, 0.29) is 24.1 Å². The lowest BCUT2D eigenvalue weighted by Crippen LogP contribution is -2.49. The number of nitrogens with one attached hydrogen (secondary N) is 2. The zero-order valence-corrected chi connectivity index (χ0v) is 21.7. The summed E-state index contributed by atoms with van der Waals surface area (Å²) in [6.07, 6.45) is 3.70. The summed E-state index contributed by atoms with van der Waals surface area (Å²) in [5, 5.41) is 5.68. The van der Waals surface area contributed by atoms with E-state index in [1.807, 2.05) is 31.4 Å². The number of ether oxygens (including phenoxy) is 1. The summed E-state index contributed by atoms with van der Waals surface area (Å²) < 4.78 is 20.6. The fourth-order valence-corrected chi connectivity index (χ4v) is 3.58. The highest BCUT2D eigenvalue weighted by Crippen LogP contribution is 2.26. The van der Waals surface area contributed by atoms with Crippen molar-refractivity contribution in [2.75, 3.05) is 5.32 Å². The van der Waals surface area contributed by atoms with Crippen LogP contribution in [0.1, 0.15) is 26.5 Å². The van der Waals surface area contributed by atoms with Crippen molar-refractivity contribution in [3.05, 3.63) is 90.8 Å². The molecule has 4 aromatic rings. The summed E-state index contributed by atoms with van der Waals surface area (Å²) in [6, 6.07) is 17.5. The molecule has 0 bridgehead atoms. The zero-order chi connectivity index (χ0) is 27.3. The minimum absolute atomic E-state index is 0.238. The number of hydrogen-bond donors (Lipinski definition) is 2. The summed E-state index contributed by atoms with van der Waals surface area (Å²) in [4.78, 5) is 34.8. The molecule has 2 aromatic heterocycles. The molecule has 0 spiro atoms. The van der Waals surface area contributed by atoms with Crippen LogP contribution < -0.4 is 15.4 Å². The standard InChI is InChI=1S/C29H30FN5O3/c1-29(2,3)28(37)33-25(16-21-17-35(4)18-31-21)27(36)34-26-7-5-6-24(32-26)19-8-12-22(13-9-19)38-23-14-10-20(30)11-15-23/h5-15,17-18,25H,16H2,1-4H3,(H,33,37)(H,32,34,36)/t25-/m0/s1. The number of aromatic nitrogens is 3. The van der Waals surface area contributed by atoms with Crippen molar-refractivity contribution in [3.8, 4) is 22.8 Å². The van der Waals surface area contributed by atoms with Gasteiger partial charge in [-0.05, 0) is 60.7 Å². The summed E-state index contributed by atoms with van der Waals surface area (Å²) in [7, 11) is 1.84. The molecule has 0 unspecified atom stereocenters. The van der Waals surface area contributed by atoms with E-state index >= 15 is 0 Å². The Labute approximate surface area is 220 Å². The van der Waals surface area contributed by atoms with Crippen LogP contribution in [0.5, 0.6) is 11.5 Å². The lowest BCUT2D eigenvalue weighted by Gasteiger charge is -2.23. The number of aryl methyl sites for hydroxylation is 1. The third kappa shape index (κ3) is 7.03. The molecule has 2 heterocycles. The van der Waals surface area contributed by atoms with E-state index in [0.717, 1.165) is 5.56 Å². The van der Waals surface area contributed by atoms with Gasteiger partial charge in [0.05, 0.1) is 17.7 Å². The van der Waals surface area contributed by atoms with Crippen LogP contribution in [-0.2, 0) is 23.1 Å². The Hall–Kier alpha value is -4.53. The number of amides is 2. The van der Waals surface area contributed by atoms with Crippen LogP contribution in [0.4, 0.5) is 10.2 Å². The Kier molecular flexibility index (Phi) is 7.85. The number of anilines is 1. The van der Waals surface area contributed by atoms with Gasteiger partial charge in [-0.1, -0.05) is 26.8 Å². The molecule has 9 heteroatoms. The van der Waals surface area contributed by atoms with Gasteiger partial charge >= 0.3 is 0 Å². The van der Waals surface area contributed by atoms with Crippen molar-refractivity contribution in [2.45, 2.75) is 33.2 Å². The summed E-state index contributed by atoms with van der Waals surface area (Å²) in [5.74, 6) is 0.525. The smallest absolute Gasteiger partial charge is 0.248 e. The predicted molar refractivity (Wildman–Crippen MR) is 143 cm³/mol. The summed E-state index contributed by atoms with van der Waals surface area (Å²) in [6.45, 7) is 5.37. The number of pyridine rings is 1. The van der Waals surface area contributed by atoms with E-state index in [9.17, 15) is 14.0 Å². The zero-order valence-electron chi connectivity index (χ0n) is 21.7.